The second kappa shape index (κ2) is 4.86. The first-order valence-corrected chi connectivity index (χ1v) is 5.99. The van der Waals surface area contributed by atoms with Crippen LogP contribution in [-0.2, 0) is 6.18 Å². The van der Waals surface area contributed by atoms with Gasteiger partial charge in [0.2, 0.25) is 0 Å². The normalized spacial score (nSPS) is 13.6. The fourth-order valence-electron chi connectivity index (χ4n) is 1.63. The number of aromatic nitrogens is 2. The molecule has 3 nitrogen and oxygen atoms in total. The molecule has 2 N–H and O–H groups in total. The number of aryl methyl sites for hydroxylation is 1. The molecule has 2 rings (SSSR count). The topological polar surface area (TPSA) is 51.8 Å². The second-order valence-electron chi connectivity index (χ2n) is 3.94. The number of nitrogens with zero attached hydrogens (tertiary/aromatic N) is 2. The van der Waals surface area contributed by atoms with Crippen LogP contribution < -0.4 is 5.73 Å². The van der Waals surface area contributed by atoms with Crippen LogP contribution in [0.5, 0.6) is 0 Å². The van der Waals surface area contributed by atoms with Crippen molar-refractivity contribution in [2.45, 2.75) is 19.1 Å². The van der Waals surface area contributed by atoms with E-state index in [1.54, 1.807) is 6.92 Å². The van der Waals surface area contributed by atoms with Gasteiger partial charge in [-0.2, -0.15) is 13.2 Å². The molecule has 102 valence electrons. The van der Waals surface area contributed by atoms with Crippen molar-refractivity contribution in [1.29, 1.82) is 0 Å². The van der Waals surface area contributed by atoms with Gasteiger partial charge in [0.05, 0.1) is 22.2 Å². The zero-order chi connectivity index (χ0) is 14.2. The van der Waals surface area contributed by atoms with Crippen LogP contribution in [0, 0.1) is 12.7 Å². The first-order chi connectivity index (χ1) is 8.80. The summed E-state index contributed by atoms with van der Waals surface area (Å²) in [6, 6.07) is 1.91. The zero-order valence-electron chi connectivity index (χ0n) is 9.70. The third kappa shape index (κ3) is 2.74. The summed E-state index contributed by atoms with van der Waals surface area (Å²) >= 11 is 1.01. The van der Waals surface area contributed by atoms with Crippen LogP contribution in [-0.4, -0.2) is 9.59 Å². The Morgan fingerprint density at radius 3 is 2.53 bits per heavy atom. The van der Waals surface area contributed by atoms with Crippen molar-refractivity contribution >= 4 is 11.5 Å². The number of hydrogen-bond donors (Lipinski definition) is 1. The Morgan fingerprint density at radius 1 is 1.32 bits per heavy atom. The molecule has 0 aliphatic rings. The molecule has 1 atom stereocenters. The molecule has 1 heterocycles. The number of rotatable bonds is 2. The van der Waals surface area contributed by atoms with Crippen molar-refractivity contribution in [3.05, 3.63) is 45.7 Å². The fourth-order valence-corrected chi connectivity index (χ4v) is 2.30. The van der Waals surface area contributed by atoms with Crippen molar-refractivity contribution in [3.8, 4) is 0 Å². The third-order valence-electron chi connectivity index (χ3n) is 2.62. The van der Waals surface area contributed by atoms with Gasteiger partial charge in [0, 0.05) is 0 Å². The predicted molar refractivity (Wildman–Crippen MR) is 62.1 cm³/mol. The lowest BCUT2D eigenvalue weighted by molar-refractivity contribution is -0.140. The van der Waals surface area contributed by atoms with E-state index >= 15 is 0 Å². The lowest BCUT2D eigenvalue weighted by Crippen LogP contribution is -2.15. The van der Waals surface area contributed by atoms with Crippen LogP contribution in [0.4, 0.5) is 17.6 Å². The fraction of sp³-hybridized carbons (Fsp3) is 0.273. The lowest BCUT2D eigenvalue weighted by atomic mass is 10.0. The highest BCUT2D eigenvalue weighted by Crippen LogP contribution is 2.34. The highest BCUT2D eigenvalue weighted by atomic mass is 32.1. The van der Waals surface area contributed by atoms with Gasteiger partial charge in [0.15, 0.2) is 0 Å². The van der Waals surface area contributed by atoms with Gasteiger partial charge in [-0.25, -0.2) is 4.39 Å². The van der Waals surface area contributed by atoms with E-state index < -0.39 is 23.6 Å². The maximum Gasteiger partial charge on any atom is 0.419 e. The summed E-state index contributed by atoms with van der Waals surface area (Å²) in [6.45, 7) is 1.66. The molecule has 0 radical (unpaired) electrons. The van der Waals surface area contributed by atoms with Crippen LogP contribution in [0.25, 0.3) is 0 Å². The summed E-state index contributed by atoms with van der Waals surface area (Å²) in [5.74, 6) is -1.32. The van der Waals surface area contributed by atoms with Gasteiger partial charge in [-0.05, 0) is 36.2 Å². The molecule has 0 bridgehead atoms. The number of hydrogen-bond acceptors (Lipinski definition) is 4. The number of halogens is 4. The van der Waals surface area contributed by atoms with E-state index in [1.807, 2.05) is 0 Å². The quantitative estimate of drug-likeness (QED) is 0.865. The van der Waals surface area contributed by atoms with Gasteiger partial charge in [0.1, 0.15) is 5.82 Å². The Hall–Kier alpha value is -1.54. The molecule has 0 saturated heterocycles. The van der Waals surface area contributed by atoms with Gasteiger partial charge < -0.3 is 5.73 Å². The maximum atomic E-state index is 13.2. The molecular formula is C11H9F4N3S. The molecule has 2 aromatic rings. The van der Waals surface area contributed by atoms with E-state index in [1.165, 1.54) is 6.07 Å². The molecule has 0 aliphatic heterocycles. The summed E-state index contributed by atoms with van der Waals surface area (Å²) in [6.07, 6.45) is -4.75. The van der Waals surface area contributed by atoms with E-state index in [-0.39, 0.29) is 5.56 Å². The van der Waals surface area contributed by atoms with Crippen LogP contribution in [0.1, 0.15) is 27.7 Å². The largest absolute Gasteiger partial charge is 0.419 e. The average Bonchev–Trinajstić information content (AvgIpc) is 2.73. The summed E-state index contributed by atoms with van der Waals surface area (Å²) in [7, 11) is 0. The van der Waals surface area contributed by atoms with Crippen LogP contribution in [0.15, 0.2) is 18.2 Å². The Morgan fingerprint density at radius 2 is 2.00 bits per heavy atom. The van der Waals surface area contributed by atoms with E-state index in [2.05, 4.69) is 9.59 Å². The molecule has 19 heavy (non-hydrogen) atoms. The summed E-state index contributed by atoms with van der Waals surface area (Å²) in [4.78, 5) is 0.555. The van der Waals surface area contributed by atoms with Gasteiger partial charge in [0.25, 0.3) is 0 Å². The summed E-state index contributed by atoms with van der Waals surface area (Å²) in [5.41, 5.74) is 5.26. The molecule has 8 heteroatoms. The van der Waals surface area contributed by atoms with E-state index in [9.17, 15) is 17.6 Å². The van der Waals surface area contributed by atoms with Crippen LogP contribution >= 0.6 is 11.5 Å². The molecule has 0 spiro atoms. The predicted octanol–water partition coefficient (Wildman–Crippen LogP) is 3.05. The standard InChI is InChI=1S/C11H9F4N3S/c1-5-10(19-18-17-5)9(16)6-2-3-8(12)7(4-6)11(13,14)15/h2-4,9H,16H2,1H3. The monoisotopic (exact) mass is 291 g/mol. The first-order valence-electron chi connectivity index (χ1n) is 5.21. The lowest BCUT2D eigenvalue weighted by Gasteiger charge is -2.14. The molecule has 0 fully saturated rings. The minimum absolute atomic E-state index is 0.169. The first kappa shape index (κ1) is 13.9. The Kier molecular flexibility index (Phi) is 3.55. The smallest absolute Gasteiger partial charge is 0.320 e. The number of benzene rings is 1. The molecule has 1 unspecified atom stereocenters. The van der Waals surface area contributed by atoms with E-state index in [0.29, 0.717) is 10.6 Å². The van der Waals surface area contributed by atoms with Crippen molar-refractivity contribution in [1.82, 2.24) is 9.59 Å². The van der Waals surface area contributed by atoms with E-state index in [4.69, 9.17) is 5.73 Å². The molecule has 1 aromatic heterocycles. The minimum Gasteiger partial charge on any atom is -0.320 e. The summed E-state index contributed by atoms with van der Waals surface area (Å²) < 4.78 is 54.7. The van der Waals surface area contributed by atoms with Gasteiger partial charge in [-0.15, -0.1) is 5.10 Å². The third-order valence-corrected chi connectivity index (χ3v) is 3.53. The highest BCUT2D eigenvalue weighted by molar-refractivity contribution is 7.05. The van der Waals surface area contributed by atoms with Gasteiger partial charge in [-0.3, -0.25) is 0 Å². The van der Waals surface area contributed by atoms with Crippen molar-refractivity contribution in [2.24, 2.45) is 5.73 Å². The van der Waals surface area contributed by atoms with Crippen LogP contribution in [0.2, 0.25) is 0 Å². The molecule has 1 aromatic carbocycles. The van der Waals surface area contributed by atoms with Gasteiger partial charge in [-0.1, -0.05) is 10.6 Å². The summed E-state index contributed by atoms with van der Waals surface area (Å²) in [5, 5.41) is 3.74. The maximum absolute atomic E-state index is 13.2. The average molecular weight is 291 g/mol. The van der Waals surface area contributed by atoms with Gasteiger partial charge >= 0.3 is 6.18 Å². The van der Waals surface area contributed by atoms with Crippen molar-refractivity contribution < 1.29 is 17.6 Å². The Bertz CT molecular complexity index is 594. The molecule has 0 saturated carbocycles. The number of alkyl halides is 3. The SMILES string of the molecule is Cc1nnsc1C(N)c1ccc(F)c(C(F)(F)F)c1. The minimum atomic E-state index is -4.75. The van der Waals surface area contributed by atoms with Crippen molar-refractivity contribution in [3.63, 3.8) is 0 Å². The van der Waals surface area contributed by atoms with Crippen molar-refractivity contribution in [2.75, 3.05) is 0 Å². The Labute approximate surface area is 110 Å². The highest BCUT2D eigenvalue weighted by Gasteiger charge is 2.34. The molecule has 0 aliphatic carbocycles. The van der Waals surface area contributed by atoms with Crippen LogP contribution in [0.3, 0.4) is 0 Å². The zero-order valence-corrected chi connectivity index (χ0v) is 10.5. The molecule has 0 amide bonds. The second-order valence-corrected chi connectivity index (χ2v) is 4.72. The number of nitrogens with two attached hydrogens (primary N) is 1. The Balaban J connectivity index is 2.44. The molecular weight excluding hydrogens is 282 g/mol. The van der Waals surface area contributed by atoms with E-state index in [0.717, 1.165) is 23.7 Å².